The Morgan fingerprint density at radius 2 is 1.79 bits per heavy atom. The lowest BCUT2D eigenvalue weighted by Gasteiger charge is -2.14. The van der Waals surface area contributed by atoms with E-state index in [-0.39, 0.29) is 11.9 Å². The van der Waals surface area contributed by atoms with Crippen LogP contribution in [0.4, 0.5) is 0 Å². The second kappa shape index (κ2) is 6.14. The molecule has 1 amide bonds. The summed E-state index contributed by atoms with van der Waals surface area (Å²) in [6.07, 6.45) is 4.44. The fourth-order valence-electron chi connectivity index (χ4n) is 1.91. The topological polar surface area (TPSA) is 42.0 Å². The van der Waals surface area contributed by atoms with Crippen LogP contribution < -0.4 is 5.32 Å². The first-order valence-electron chi connectivity index (χ1n) is 6.50. The summed E-state index contributed by atoms with van der Waals surface area (Å²) in [5, 5.41) is 2.98. The van der Waals surface area contributed by atoms with Crippen molar-refractivity contribution in [3.63, 3.8) is 0 Å². The number of aryl methyl sites for hydroxylation is 1. The van der Waals surface area contributed by atoms with Crippen LogP contribution in [0.25, 0.3) is 0 Å². The second-order valence-corrected chi connectivity index (χ2v) is 4.53. The van der Waals surface area contributed by atoms with Crippen LogP contribution in [-0.4, -0.2) is 10.9 Å². The average Bonchev–Trinajstić information content (AvgIpc) is 2.48. The molecule has 0 aliphatic carbocycles. The van der Waals surface area contributed by atoms with E-state index < -0.39 is 0 Å². The number of amides is 1. The van der Waals surface area contributed by atoms with Crippen molar-refractivity contribution in [3.8, 4) is 0 Å². The Morgan fingerprint density at radius 3 is 2.37 bits per heavy atom. The van der Waals surface area contributed by atoms with Gasteiger partial charge in [0.1, 0.15) is 0 Å². The number of benzene rings is 1. The van der Waals surface area contributed by atoms with Gasteiger partial charge < -0.3 is 5.32 Å². The van der Waals surface area contributed by atoms with Crippen molar-refractivity contribution in [3.05, 3.63) is 65.5 Å². The van der Waals surface area contributed by atoms with E-state index >= 15 is 0 Å². The molecule has 0 unspecified atom stereocenters. The summed E-state index contributed by atoms with van der Waals surface area (Å²) in [5.74, 6) is -0.0491. The first-order valence-corrected chi connectivity index (χ1v) is 6.50. The maximum absolute atomic E-state index is 12.1. The van der Waals surface area contributed by atoms with Gasteiger partial charge in [-0.15, -0.1) is 0 Å². The van der Waals surface area contributed by atoms with Crippen molar-refractivity contribution < 1.29 is 4.79 Å². The molecule has 98 valence electrons. The Labute approximate surface area is 113 Å². The zero-order chi connectivity index (χ0) is 13.7. The molecule has 3 nitrogen and oxygen atoms in total. The molecular formula is C16H18N2O. The molecule has 3 heteroatoms. The number of hydrogen-bond donors (Lipinski definition) is 1. The third kappa shape index (κ3) is 3.41. The molecule has 1 aromatic heterocycles. The average molecular weight is 254 g/mol. The molecule has 0 saturated heterocycles. The third-order valence-electron chi connectivity index (χ3n) is 3.18. The lowest BCUT2D eigenvalue weighted by Crippen LogP contribution is -2.26. The summed E-state index contributed by atoms with van der Waals surface area (Å²) < 4.78 is 0. The molecule has 1 atom stereocenters. The lowest BCUT2D eigenvalue weighted by atomic mass is 10.1. The van der Waals surface area contributed by atoms with E-state index in [0.717, 1.165) is 12.0 Å². The quantitative estimate of drug-likeness (QED) is 0.910. The van der Waals surface area contributed by atoms with Crippen molar-refractivity contribution in [1.29, 1.82) is 0 Å². The highest BCUT2D eigenvalue weighted by molar-refractivity contribution is 5.94. The number of pyridine rings is 1. The van der Waals surface area contributed by atoms with Crippen molar-refractivity contribution in [2.24, 2.45) is 0 Å². The van der Waals surface area contributed by atoms with Crippen LogP contribution >= 0.6 is 0 Å². The zero-order valence-corrected chi connectivity index (χ0v) is 11.3. The number of rotatable bonds is 4. The molecule has 2 aromatic rings. The van der Waals surface area contributed by atoms with Crippen LogP contribution in [0.5, 0.6) is 0 Å². The van der Waals surface area contributed by atoms with Gasteiger partial charge in [-0.1, -0.05) is 19.1 Å². The zero-order valence-electron chi connectivity index (χ0n) is 11.3. The largest absolute Gasteiger partial charge is 0.346 e. The fourth-order valence-corrected chi connectivity index (χ4v) is 1.91. The van der Waals surface area contributed by atoms with Gasteiger partial charge in [-0.05, 0) is 48.7 Å². The Kier molecular flexibility index (Phi) is 4.29. The van der Waals surface area contributed by atoms with Gasteiger partial charge >= 0.3 is 0 Å². The van der Waals surface area contributed by atoms with Crippen LogP contribution in [-0.2, 0) is 6.42 Å². The number of nitrogens with zero attached hydrogens (tertiary/aromatic N) is 1. The summed E-state index contributed by atoms with van der Waals surface area (Å²) in [6, 6.07) is 11.5. The minimum atomic E-state index is -0.0491. The van der Waals surface area contributed by atoms with Crippen LogP contribution in [0, 0.1) is 0 Å². The van der Waals surface area contributed by atoms with E-state index in [1.54, 1.807) is 12.4 Å². The first-order chi connectivity index (χ1) is 9.20. The summed E-state index contributed by atoms with van der Waals surface area (Å²) in [6.45, 7) is 4.06. The number of carbonyl (C=O) groups excluding carboxylic acids is 1. The molecule has 19 heavy (non-hydrogen) atoms. The molecule has 0 spiro atoms. The predicted molar refractivity (Wildman–Crippen MR) is 75.9 cm³/mol. The maximum atomic E-state index is 12.1. The minimum Gasteiger partial charge on any atom is -0.346 e. The Bertz CT molecular complexity index is 534. The Balaban J connectivity index is 2.04. The molecule has 0 saturated carbocycles. The highest BCUT2D eigenvalue weighted by atomic mass is 16.1. The van der Waals surface area contributed by atoms with E-state index in [1.807, 2.05) is 43.3 Å². The third-order valence-corrected chi connectivity index (χ3v) is 3.18. The van der Waals surface area contributed by atoms with Crippen LogP contribution in [0.2, 0.25) is 0 Å². The van der Waals surface area contributed by atoms with Gasteiger partial charge in [0.2, 0.25) is 0 Å². The smallest absolute Gasteiger partial charge is 0.251 e. The highest BCUT2D eigenvalue weighted by Crippen LogP contribution is 2.12. The first kappa shape index (κ1) is 13.3. The van der Waals surface area contributed by atoms with Crippen molar-refractivity contribution in [2.75, 3.05) is 0 Å². The number of nitrogens with one attached hydrogen (secondary N) is 1. The molecule has 0 aliphatic heterocycles. The van der Waals surface area contributed by atoms with Crippen LogP contribution in [0.1, 0.15) is 41.4 Å². The highest BCUT2D eigenvalue weighted by Gasteiger charge is 2.10. The summed E-state index contributed by atoms with van der Waals surface area (Å²) in [4.78, 5) is 16.1. The van der Waals surface area contributed by atoms with E-state index in [0.29, 0.717) is 5.56 Å². The summed E-state index contributed by atoms with van der Waals surface area (Å²) in [5.41, 5.74) is 2.98. The molecular weight excluding hydrogens is 236 g/mol. The fraction of sp³-hybridized carbons (Fsp3) is 0.250. The van der Waals surface area contributed by atoms with Crippen LogP contribution in [0.3, 0.4) is 0 Å². The van der Waals surface area contributed by atoms with Gasteiger partial charge in [-0.2, -0.15) is 0 Å². The van der Waals surface area contributed by atoms with E-state index in [1.165, 1.54) is 5.56 Å². The van der Waals surface area contributed by atoms with E-state index in [2.05, 4.69) is 17.2 Å². The maximum Gasteiger partial charge on any atom is 0.251 e. The number of carbonyl (C=O) groups is 1. The Hall–Kier alpha value is -2.16. The van der Waals surface area contributed by atoms with Crippen molar-refractivity contribution in [2.45, 2.75) is 26.3 Å². The Morgan fingerprint density at radius 1 is 1.16 bits per heavy atom. The van der Waals surface area contributed by atoms with Gasteiger partial charge in [0, 0.05) is 18.0 Å². The van der Waals surface area contributed by atoms with E-state index in [4.69, 9.17) is 0 Å². The normalized spacial score (nSPS) is 11.9. The van der Waals surface area contributed by atoms with Gasteiger partial charge in [0.15, 0.2) is 0 Å². The SMILES string of the molecule is CCc1ccc(C(=O)N[C@H](C)c2ccncc2)cc1. The number of hydrogen-bond acceptors (Lipinski definition) is 2. The molecule has 0 bridgehead atoms. The summed E-state index contributed by atoms with van der Waals surface area (Å²) in [7, 11) is 0. The minimum absolute atomic E-state index is 0.0265. The van der Waals surface area contributed by atoms with Gasteiger partial charge in [0.25, 0.3) is 5.91 Å². The standard InChI is InChI=1S/C16H18N2O/c1-3-13-4-6-15(7-5-13)16(19)18-12(2)14-8-10-17-11-9-14/h4-12H,3H2,1-2H3,(H,18,19)/t12-/m1/s1. The van der Waals surface area contributed by atoms with Gasteiger partial charge in [-0.3, -0.25) is 9.78 Å². The molecule has 0 aliphatic rings. The molecule has 0 fully saturated rings. The lowest BCUT2D eigenvalue weighted by molar-refractivity contribution is 0.0940. The van der Waals surface area contributed by atoms with E-state index in [9.17, 15) is 4.79 Å². The molecule has 2 rings (SSSR count). The second-order valence-electron chi connectivity index (χ2n) is 4.53. The van der Waals surface area contributed by atoms with Gasteiger partial charge in [0.05, 0.1) is 6.04 Å². The molecule has 1 N–H and O–H groups in total. The summed E-state index contributed by atoms with van der Waals surface area (Å²) >= 11 is 0. The van der Waals surface area contributed by atoms with Crippen molar-refractivity contribution in [1.82, 2.24) is 10.3 Å². The van der Waals surface area contributed by atoms with Crippen LogP contribution in [0.15, 0.2) is 48.8 Å². The number of aromatic nitrogens is 1. The molecule has 0 radical (unpaired) electrons. The van der Waals surface area contributed by atoms with Crippen molar-refractivity contribution >= 4 is 5.91 Å². The van der Waals surface area contributed by atoms with Gasteiger partial charge in [-0.25, -0.2) is 0 Å². The monoisotopic (exact) mass is 254 g/mol. The molecule has 1 aromatic carbocycles. The predicted octanol–water partition coefficient (Wildman–Crippen LogP) is 3.14. The molecule has 1 heterocycles.